The first kappa shape index (κ1) is 33.1. The van der Waals surface area contributed by atoms with Gasteiger partial charge in [-0.05, 0) is 124 Å². The second-order valence-electron chi connectivity index (χ2n) is 17.0. The van der Waals surface area contributed by atoms with Gasteiger partial charge in [0.25, 0.3) is 0 Å². The van der Waals surface area contributed by atoms with E-state index in [1.165, 1.54) is 104 Å². The predicted molar refractivity (Wildman–Crippen MR) is 255 cm³/mol. The Hall–Kier alpha value is -7.74. The molecule has 0 radical (unpaired) electrons. The molecular formula is C60H37N. The summed E-state index contributed by atoms with van der Waals surface area (Å²) in [5, 5.41) is 10.3. The fraction of sp³-hybridized carbons (Fsp3) is 0.0333. The molecular weight excluding hydrogens is 735 g/mol. The first-order chi connectivity index (χ1) is 30.3. The molecule has 0 spiro atoms. The van der Waals surface area contributed by atoms with Gasteiger partial charge < -0.3 is 4.90 Å². The molecule has 3 aliphatic carbocycles. The van der Waals surface area contributed by atoms with Crippen LogP contribution in [0.25, 0.3) is 65.3 Å². The lowest BCUT2D eigenvalue weighted by molar-refractivity contribution is 0.432. The summed E-state index contributed by atoms with van der Waals surface area (Å²) in [6.45, 7) is 0. The van der Waals surface area contributed by atoms with Crippen LogP contribution < -0.4 is 4.90 Å². The Morgan fingerprint density at radius 3 is 1.16 bits per heavy atom. The normalized spacial score (nSPS) is 17.6. The first-order valence-electron chi connectivity index (χ1n) is 21.4. The van der Waals surface area contributed by atoms with Gasteiger partial charge in [0.15, 0.2) is 0 Å². The van der Waals surface area contributed by atoms with Crippen LogP contribution in [-0.2, 0) is 10.8 Å². The highest BCUT2D eigenvalue weighted by Gasteiger charge is 2.67. The van der Waals surface area contributed by atoms with E-state index >= 15 is 0 Å². The van der Waals surface area contributed by atoms with Crippen molar-refractivity contribution in [1.82, 2.24) is 0 Å². The van der Waals surface area contributed by atoms with Crippen molar-refractivity contribution in [3.05, 3.63) is 258 Å². The number of benzene rings is 11. The number of fused-ring (bicyclic) bond motifs is 12. The second-order valence-corrected chi connectivity index (χ2v) is 17.0. The van der Waals surface area contributed by atoms with Gasteiger partial charge in [-0.25, -0.2) is 0 Å². The molecule has 0 bridgehead atoms. The Bertz CT molecular complexity index is 3440. The maximum Gasteiger partial charge on any atom is 0.0648 e. The molecule has 1 heteroatoms. The number of rotatable bonds is 3. The lowest BCUT2D eigenvalue weighted by Crippen LogP contribution is -2.54. The largest absolute Gasteiger partial charge is 0.310 e. The Morgan fingerprint density at radius 2 is 0.639 bits per heavy atom. The summed E-state index contributed by atoms with van der Waals surface area (Å²) in [5.74, 6) is 0. The Kier molecular flexibility index (Phi) is 6.48. The fourth-order valence-electron chi connectivity index (χ4n) is 12.5. The molecule has 0 aliphatic heterocycles. The fourth-order valence-corrected chi connectivity index (χ4v) is 12.5. The van der Waals surface area contributed by atoms with E-state index < -0.39 is 10.8 Å². The lowest BCUT2D eigenvalue weighted by Gasteiger charge is -2.56. The highest BCUT2D eigenvalue weighted by molar-refractivity contribution is 6.26. The standard InChI is InChI=1S/C60H37N/c1-2-17-38(18-3-1)61(39-33-34-44-42-21-5-4-19-40(42)41-20-6-7-22-43(41)50(44)37-39)57-36-35-56-58-49(57)27-16-32-55(58)59-51-28-12-8-23-45(51)47-25-10-14-30-53(47)60(56,59)54-31-15-11-26-48(54)46-24-9-13-29-52(46)59/h1-37H. The van der Waals surface area contributed by atoms with Crippen molar-refractivity contribution < 1.29 is 0 Å². The van der Waals surface area contributed by atoms with E-state index in [2.05, 4.69) is 229 Å². The summed E-state index contributed by atoms with van der Waals surface area (Å²) in [5.41, 5.74) is 15.9. The van der Waals surface area contributed by atoms with Crippen LogP contribution in [-0.4, -0.2) is 0 Å². The van der Waals surface area contributed by atoms with Crippen molar-refractivity contribution in [2.24, 2.45) is 0 Å². The van der Waals surface area contributed by atoms with Crippen LogP contribution in [0.15, 0.2) is 224 Å². The molecule has 14 rings (SSSR count). The van der Waals surface area contributed by atoms with Crippen LogP contribution in [0.2, 0.25) is 0 Å². The summed E-state index contributed by atoms with van der Waals surface area (Å²) >= 11 is 0. The summed E-state index contributed by atoms with van der Waals surface area (Å²) in [6.07, 6.45) is 0. The Morgan fingerprint density at radius 1 is 0.246 bits per heavy atom. The Labute approximate surface area is 354 Å². The molecule has 11 aromatic rings. The zero-order valence-corrected chi connectivity index (χ0v) is 33.3. The van der Waals surface area contributed by atoms with E-state index in [1.54, 1.807) is 0 Å². The topological polar surface area (TPSA) is 3.24 Å². The van der Waals surface area contributed by atoms with Gasteiger partial charge in [0.2, 0.25) is 0 Å². The van der Waals surface area contributed by atoms with Gasteiger partial charge in [0, 0.05) is 16.8 Å². The zero-order valence-electron chi connectivity index (χ0n) is 33.3. The van der Waals surface area contributed by atoms with Crippen molar-refractivity contribution in [3.63, 3.8) is 0 Å². The highest BCUT2D eigenvalue weighted by Crippen LogP contribution is 2.74. The summed E-state index contributed by atoms with van der Waals surface area (Å²) in [4.78, 5) is 2.50. The van der Waals surface area contributed by atoms with Crippen LogP contribution >= 0.6 is 0 Å². The molecule has 11 aromatic carbocycles. The molecule has 0 fully saturated rings. The maximum absolute atomic E-state index is 2.50. The number of nitrogens with zero attached hydrogens (tertiary/aromatic N) is 1. The smallest absolute Gasteiger partial charge is 0.0648 e. The molecule has 282 valence electrons. The van der Waals surface area contributed by atoms with Crippen molar-refractivity contribution in [1.29, 1.82) is 0 Å². The van der Waals surface area contributed by atoms with Crippen molar-refractivity contribution in [3.8, 4) is 22.3 Å². The number of para-hydroxylation sites is 1. The quantitative estimate of drug-likeness (QED) is 0.162. The molecule has 0 amide bonds. The summed E-state index contributed by atoms with van der Waals surface area (Å²) < 4.78 is 0. The summed E-state index contributed by atoms with van der Waals surface area (Å²) in [6, 6.07) is 84.9. The van der Waals surface area contributed by atoms with E-state index in [-0.39, 0.29) is 0 Å². The second kappa shape index (κ2) is 11.9. The van der Waals surface area contributed by atoms with E-state index in [4.69, 9.17) is 0 Å². The molecule has 0 saturated carbocycles. The van der Waals surface area contributed by atoms with E-state index in [1.807, 2.05) is 0 Å². The van der Waals surface area contributed by atoms with Crippen LogP contribution in [0.1, 0.15) is 33.4 Å². The van der Waals surface area contributed by atoms with E-state index in [0.29, 0.717) is 0 Å². The third-order valence-corrected chi connectivity index (χ3v) is 14.5. The van der Waals surface area contributed by atoms with Crippen LogP contribution in [0.5, 0.6) is 0 Å². The molecule has 0 N–H and O–H groups in total. The molecule has 61 heavy (non-hydrogen) atoms. The van der Waals surface area contributed by atoms with Gasteiger partial charge in [0.1, 0.15) is 0 Å². The third-order valence-electron chi connectivity index (χ3n) is 14.5. The van der Waals surface area contributed by atoms with Gasteiger partial charge in [-0.3, -0.25) is 0 Å². The van der Waals surface area contributed by atoms with Crippen molar-refractivity contribution >= 4 is 60.2 Å². The lowest BCUT2D eigenvalue weighted by atomic mass is 9.43. The third kappa shape index (κ3) is 3.93. The number of hydrogen-bond acceptors (Lipinski definition) is 1. The predicted octanol–water partition coefficient (Wildman–Crippen LogP) is 15.4. The maximum atomic E-state index is 2.50. The van der Waals surface area contributed by atoms with E-state index in [0.717, 1.165) is 11.4 Å². The van der Waals surface area contributed by atoms with Gasteiger partial charge in [-0.15, -0.1) is 0 Å². The van der Waals surface area contributed by atoms with Crippen molar-refractivity contribution in [2.75, 3.05) is 4.90 Å². The minimum atomic E-state index is -0.524. The van der Waals surface area contributed by atoms with Gasteiger partial charge >= 0.3 is 0 Å². The molecule has 0 atom stereocenters. The van der Waals surface area contributed by atoms with E-state index in [9.17, 15) is 0 Å². The highest BCUT2D eigenvalue weighted by atomic mass is 15.1. The molecule has 0 aromatic heterocycles. The van der Waals surface area contributed by atoms with Crippen LogP contribution in [0.4, 0.5) is 17.1 Å². The number of hydrogen-bond donors (Lipinski definition) is 0. The monoisotopic (exact) mass is 771 g/mol. The number of anilines is 3. The Balaban J connectivity index is 1.13. The average Bonchev–Trinajstić information content (AvgIpc) is 3.62. The molecule has 0 unspecified atom stereocenters. The SMILES string of the molecule is c1ccc(N(c2ccc3c4ccccc4c4ccccc4c3c2)c2ccc3c4c(cccc24)C24c5ccccc5-c5ccccc5C32c2ccccc2-c2ccccc24)cc1. The molecule has 0 saturated heterocycles. The summed E-state index contributed by atoms with van der Waals surface area (Å²) in [7, 11) is 0. The minimum absolute atomic E-state index is 0.524. The van der Waals surface area contributed by atoms with Gasteiger partial charge in [-0.1, -0.05) is 194 Å². The van der Waals surface area contributed by atoms with Crippen molar-refractivity contribution in [2.45, 2.75) is 10.8 Å². The average molecular weight is 772 g/mol. The minimum Gasteiger partial charge on any atom is -0.310 e. The van der Waals surface area contributed by atoms with Crippen LogP contribution in [0, 0.1) is 0 Å². The first-order valence-corrected chi connectivity index (χ1v) is 21.4. The van der Waals surface area contributed by atoms with Gasteiger partial charge in [-0.2, -0.15) is 0 Å². The zero-order chi connectivity index (χ0) is 39.9. The molecule has 1 nitrogen and oxygen atoms in total. The van der Waals surface area contributed by atoms with Gasteiger partial charge in [0.05, 0.1) is 16.5 Å². The molecule has 3 aliphatic rings. The molecule has 0 heterocycles. The van der Waals surface area contributed by atoms with Crippen LogP contribution in [0.3, 0.4) is 0 Å².